The van der Waals surface area contributed by atoms with E-state index < -0.39 is 28.8 Å². The predicted molar refractivity (Wildman–Crippen MR) is 71.3 cm³/mol. The number of sulfone groups is 1. The van der Waals surface area contributed by atoms with E-state index in [0.717, 1.165) is 0 Å². The Morgan fingerprint density at radius 1 is 1.26 bits per heavy atom. The topological polar surface area (TPSA) is 72.2 Å². The van der Waals surface area contributed by atoms with Crippen LogP contribution in [0.25, 0.3) is 0 Å². The lowest BCUT2D eigenvalue weighted by Gasteiger charge is -2.15. The number of rotatable bonds is 7. The number of alkyl halides is 2. The molecule has 0 atom stereocenters. The van der Waals surface area contributed by atoms with Crippen molar-refractivity contribution in [3.63, 3.8) is 0 Å². The number of hydrogen-bond acceptors (Lipinski definition) is 4. The van der Waals surface area contributed by atoms with Crippen molar-refractivity contribution in [3.8, 4) is 0 Å². The van der Waals surface area contributed by atoms with Crippen LogP contribution in [0.2, 0.25) is 0 Å². The largest absolute Gasteiger partial charge is 0.379 e. The molecule has 0 amide bonds. The van der Waals surface area contributed by atoms with Gasteiger partial charge in [-0.3, -0.25) is 0 Å². The third-order valence-corrected chi connectivity index (χ3v) is 4.47. The standard InChI is InChI=1S/C12H18F2N2O2S/c1-2-7-19(17,18)11-5-3-10(4-6-11)16-9-12(13,14)8-15/h3-6,16H,2,7-9,15H2,1H3. The molecule has 108 valence electrons. The van der Waals surface area contributed by atoms with Gasteiger partial charge in [0.25, 0.3) is 5.92 Å². The van der Waals surface area contributed by atoms with Crippen molar-refractivity contribution in [2.24, 2.45) is 5.73 Å². The fourth-order valence-corrected chi connectivity index (χ4v) is 2.79. The highest BCUT2D eigenvalue weighted by atomic mass is 32.2. The van der Waals surface area contributed by atoms with Crippen molar-refractivity contribution in [2.45, 2.75) is 24.2 Å². The van der Waals surface area contributed by atoms with E-state index in [1.54, 1.807) is 6.92 Å². The zero-order valence-electron chi connectivity index (χ0n) is 10.7. The molecule has 4 nitrogen and oxygen atoms in total. The van der Waals surface area contributed by atoms with Crippen LogP contribution in [0, 0.1) is 0 Å². The van der Waals surface area contributed by atoms with Gasteiger partial charge in [-0.25, -0.2) is 17.2 Å². The van der Waals surface area contributed by atoms with Crippen LogP contribution in [-0.2, 0) is 9.84 Å². The Labute approximate surface area is 111 Å². The van der Waals surface area contributed by atoms with E-state index in [-0.39, 0.29) is 10.6 Å². The summed E-state index contributed by atoms with van der Waals surface area (Å²) in [4.78, 5) is 0.200. The monoisotopic (exact) mass is 292 g/mol. The molecule has 0 bridgehead atoms. The highest BCUT2D eigenvalue weighted by Gasteiger charge is 2.26. The highest BCUT2D eigenvalue weighted by Crippen LogP contribution is 2.18. The molecule has 1 aromatic rings. The molecule has 0 spiro atoms. The van der Waals surface area contributed by atoms with Crippen LogP contribution < -0.4 is 11.1 Å². The first-order valence-electron chi connectivity index (χ1n) is 5.95. The normalized spacial score (nSPS) is 12.4. The van der Waals surface area contributed by atoms with Crippen LogP contribution >= 0.6 is 0 Å². The summed E-state index contributed by atoms with van der Waals surface area (Å²) >= 11 is 0. The molecule has 19 heavy (non-hydrogen) atoms. The van der Waals surface area contributed by atoms with Crippen LogP contribution in [0.1, 0.15) is 13.3 Å². The fraction of sp³-hybridized carbons (Fsp3) is 0.500. The van der Waals surface area contributed by atoms with Gasteiger partial charge in [-0.15, -0.1) is 0 Å². The Morgan fingerprint density at radius 3 is 2.32 bits per heavy atom. The van der Waals surface area contributed by atoms with Gasteiger partial charge in [0.1, 0.15) is 0 Å². The third-order valence-electron chi connectivity index (χ3n) is 2.54. The molecule has 0 saturated carbocycles. The maximum absolute atomic E-state index is 12.9. The molecule has 0 fully saturated rings. The first-order chi connectivity index (χ1) is 8.80. The molecule has 0 aliphatic heterocycles. The summed E-state index contributed by atoms with van der Waals surface area (Å²) in [6.45, 7) is 0.468. The number of halogens is 2. The summed E-state index contributed by atoms with van der Waals surface area (Å²) < 4.78 is 49.3. The predicted octanol–water partition coefficient (Wildman–Crippen LogP) is 1.88. The molecular formula is C12H18F2N2O2S. The number of nitrogens with two attached hydrogens (primary N) is 1. The van der Waals surface area contributed by atoms with E-state index in [1.807, 2.05) is 0 Å². The minimum Gasteiger partial charge on any atom is -0.379 e. The second-order valence-electron chi connectivity index (χ2n) is 4.26. The van der Waals surface area contributed by atoms with E-state index in [1.165, 1.54) is 24.3 Å². The van der Waals surface area contributed by atoms with Gasteiger partial charge >= 0.3 is 0 Å². The van der Waals surface area contributed by atoms with Crippen LogP contribution in [-0.4, -0.2) is 33.2 Å². The second kappa shape index (κ2) is 6.29. The quantitative estimate of drug-likeness (QED) is 0.805. The van der Waals surface area contributed by atoms with Gasteiger partial charge in [0.2, 0.25) is 0 Å². The molecule has 0 unspecified atom stereocenters. The van der Waals surface area contributed by atoms with Gasteiger partial charge in [0, 0.05) is 5.69 Å². The lowest BCUT2D eigenvalue weighted by molar-refractivity contribution is 0.0254. The molecule has 7 heteroatoms. The molecule has 1 aromatic carbocycles. The van der Waals surface area contributed by atoms with E-state index >= 15 is 0 Å². The maximum Gasteiger partial charge on any atom is 0.276 e. The zero-order chi connectivity index (χ0) is 14.5. The van der Waals surface area contributed by atoms with Gasteiger partial charge in [0.05, 0.1) is 23.7 Å². The SMILES string of the molecule is CCCS(=O)(=O)c1ccc(NCC(F)(F)CN)cc1. The van der Waals surface area contributed by atoms with Crippen molar-refractivity contribution in [2.75, 3.05) is 24.2 Å². The van der Waals surface area contributed by atoms with Crippen LogP contribution in [0.5, 0.6) is 0 Å². The Balaban J connectivity index is 2.72. The first kappa shape index (κ1) is 15.8. The Morgan fingerprint density at radius 2 is 1.84 bits per heavy atom. The average Bonchev–Trinajstić information content (AvgIpc) is 2.37. The lowest BCUT2D eigenvalue weighted by Crippen LogP contribution is -2.35. The van der Waals surface area contributed by atoms with Crippen molar-refractivity contribution in [1.29, 1.82) is 0 Å². The van der Waals surface area contributed by atoms with E-state index in [2.05, 4.69) is 5.32 Å². The molecule has 0 aliphatic carbocycles. The molecule has 0 heterocycles. The van der Waals surface area contributed by atoms with Crippen LogP contribution in [0.15, 0.2) is 29.2 Å². The Hall–Kier alpha value is -1.21. The molecule has 0 aromatic heterocycles. The second-order valence-corrected chi connectivity index (χ2v) is 6.37. The smallest absolute Gasteiger partial charge is 0.276 e. The number of benzene rings is 1. The van der Waals surface area contributed by atoms with Crippen molar-refractivity contribution >= 4 is 15.5 Å². The average molecular weight is 292 g/mol. The summed E-state index contributed by atoms with van der Waals surface area (Å²) in [6, 6.07) is 5.76. The Bertz CT molecular complexity index is 501. The Kier molecular flexibility index (Phi) is 5.25. The van der Waals surface area contributed by atoms with Crippen molar-refractivity contribution < 1.29 is 17.2 Å². The van der Waals surface area contributed by atoms with Gasteiger partial charge in [0.15, 0.2) is 9.84 Å². The van der Waals surface area contributed by atoms with Crippen LogP contribution in [0.4, 0.5) is 14.5 Å². The number of anilines is 1. The van der Waals surface area contributed by atoms with Gasteiger partial charge < -0.3 is 11.1 Å². The molecule has 0 radical (unpaired) electrons. The third kappa shape index (κ3) is 4.76. The zero-order valence-corrected chi connectivity index (χ0v) is 11.5. The molecule has 0 aliphatic rings. The van der Waals surface area contributed by atoms with Gasteiger partial charge in [-0.2, -0.15) is 0 Å². The summed E-state index contributed by atoms with van der Waals surface area (Å²) in [5, 5.41) is 2.52. The maximum atomic E-state index is 12.9. The number of nitrogens with one attached hydrogen (secondary N) is 1. The summed E-state index contributed by atoms with van der Waals surface area (Å²) in [5.74, 6) is -2.90. The van der Waals surface area contributed by atoms with Gasteiger partial charge in [-0.05, 0) is 30.7 Å². The highest BCUT2D eigenvalue weighted by molar-refractivity contribution is 7.91. The summed E-state index contributed by atoms with van der Waals surface area (Å²) in [7, 11) is -3.27. The molecule has 1 rings (SSSR count). The van der Waals surface area contributed by atoms with Crippen LogP contribution in [0.3, 0.4) is 0 Å². The van der Waals surface area contributed by atoms with E-state index in [4.69, 9.17) is 5.73 Å². The first-order valence-corrected chi connectivity index (χ1v) is 7.60. The summed E-state index contributed by atoms with van der Waals surface area (Å²) in [5.41, 5.74) is 5.35. The molecule has 0 saturated heterocycles. The van der Waals surface area contributed by atoms with E-state index in [0.29, 0.717) is 12.1 Å². The van der Waals surface area contributed by atoms with E-state index in [9.17, 15) is 17.2 Å². The molecule has 3 N–H and O–H groups in total. The van der Waals surface area contributed by atoms with Gasteiger partial charge in [-0.1, -0.05) is 6.92 Å². The van der Waals surface area contributed by atoms with Crippen molar-refractivity contribution in [3.05, 3.63) is 24.3 Å². The summed E-state index contributed by atoms with van der Waals surface area (Å²) in [6.07, 6.45) is 0.533. The fourth-order valence-electron chi connectivity index (χ4n) is 1.47. The molecular weight excluding hydrogens is 274 g/mol. The number of hydrogen-bond donors (Lipinski definition) is 2. The minimum atomic E-state index is -3.27. The lowest BCUT2D eigenvalue weighted by atomic mass is 10.3. The minimum absolute atomic E-state index is 0.0744. The van der Waals surface area contributed by atoms with Crippen molar-refractivity contribution in [1.82, 2.24) is 0 Å².